The van der Waals surface area contributed by atoms with Crippen LogP contribution < -0.4 is 10.1 Å². The number of unbranched alkanes of at least 4 members (excludes halogenated alkanes) is 2. The number of hydrogen-bond donors (Lipinski definition) is 1. The van der Waals surface area contributed by atoms with E-state index in [1.165, 1.54) is 20.0 Å². The van der Waals surface area contributed by atoms with Crippen molar-refractivity contribution < 1.29 is 9.13 Å². The van der Waals surface area contributed by atoms with Crippen molar-refractivity contribution in [2.75, 3.05) is 20.2 Å². The van der Waals surface area contributed by atoms with Crippen molar-refractivity contribution in [2.45, 2.75) is 32.6 Å². The highest BCUT2D eigenvalue weighted by Gasteiger charge is 2.02. The molecule has 0 atom stereocenters. The lowest BCUT2D eigenvalue weighted by Crippen LogP contribution is -2.13. The lowest BCUT2D eigenvalue weighted by Gasteiger charge is -2.05. The molecule has 0 bridgehead atoms. The van der Waals surface area contributed by atoms with Crippen molar-refractivity contribution >= 4 is 0 Å². The smallest absolute Gasteiger partial charge is 0.165 e. The lowest BCUT2D eigenvalue weighted by atomic mass is 10.1. The molecule has 0 fully saturated rings. The van der Waals surface area contributed by atoms with E-state index in [2.05, 4.69) is 12.2 Å². The van der Waals surface area contributed by atoms with Crippen LogP contribution in [0.3, 0.4) is 0 Å². The molecule has 1 aromatic carbocycles. The highest BCUT2D eigenvalue weighted by atomic mass is 19.1. The summed E-state index contributed by atoms with van der Waals surface area (Å²) in [5.74, 6) is 0.0542. The first-order chi connectivity index (χ1) is 8.27. The van der Waals surface area contributed by atoms with Crippen LogP contribution in [-0.2, 0) is 6.42 Å². The Morgan fingerprint density at radius 2 is 2.06 bits per heavy atom. The van der Waals surface area contributed by atoms with Crippen molar-refractivity contribution in [1.29, 1.82) is 0 Å². The Labute approximate surface area is 103 Å². The van der Waals surface area contributed by atoms with Crippen LogP contribution in [0.15, 0.2) is 18.2 Å². The predicted octanol–water partition coefficient (Wildman–Crippen LogP) is 3.16. The average molecular weight is 239 g/mol. The zero-order valence-electron chi connectivity index (χ0n) is 10.8. The molecular formula is C14H22FNO. The Kier molecular flexibility index (Phi) is 6.63. The molecule has 0 unspecified atom stereocenters. The van der Waals surface area contributed by atoms with Gasteiger partial charge in [0, 0.05) is 0 Å². The summed E-state index contributed by atoms with van der Waals surface area (Å²) >= 11 is 0. The van der Waals surface area contributed by atoms with Gasteiger partial charge in [0.2, 0.25) is 0 Å². The topological polar surface area (TPSA) is 21.3 Å². The van der Waals surface area contributed by atoms with Crippen molar-refractivity contribution in [1.82, 2.24) is 5.32 Å². The fraction of sp³-hybridized carbons (Fsp3) is 0.571. The van der Waals surface area contributed by atoms with E-state index >= 15 is 0 Å². The molecule has 0 amide bonds. The van der Waals surface area contributed by atoms with Gasteiger partial charge in [-0.1, -0.05) is 19.4 Å². The third kappa shape index (κ3) is 5.18. The van der Waals surface area contributed by atoms with Crippen LogP contribution in [0.4, 0.5) is 4.39 Å². The minimum Gasteiger partial charge on any atom is -0.494 e. The van der Waals surface area contributed by atoms with Crippen LogP contribution in [0, 0.1) is 5.82 Å². The average Bonchev–Trinajstić information content (AvgIpc) is 2.34. The van der Waals surface area contributed by atoms with E-state index in [-0.39, 0.29) is 5.82 Å². The zero-order valence-corrected chi connectivity index (χ0v) is 10.8. The second-order valence-electron chi connectivity index (χ2n) is 4.13. The largest absolute Gasteiger partial charge is 0.494 e. The van der Waals surface area contributed by atoms with Crippen molar-refractivity contribution in [3.05, 3.63) is 29.6 Å². The summed E-state index contributed by atoms with van der Waals surface area (Å²) in [7, 11) is 1.48. The first kappa shape index (κ1) is 14.0. The standard InChI is InChI=1S/C14H22FNO/c1-3-16-10-6-4-5-7-12-8-9-14(17-2)13(15)11-12/h8-9,11,16H,3-7,10H2,1-2H3. The van der Waals surface area contributed by atoms with Gasteiger partial charge in [-0.25, -0.2) is 4.39 Å². The van der Waals surface area contributed by atoms with Crippen molar-refractivity contribution in [3.8, 4) is 5.75 Å². The number of aryl methyl sites for hydroxylation is 1. The van der Waals surface area contributed by atoms with Crippen molar-refractivity contribution in [2.24, 2.45) is 0 Å². The molecular weight excluding hydrogens is 217 g/mol. The molecule has 0 heterocycles. The summed E-state index contributed by atoms with van der Waals surface area (Å²) in [6.45, 7) is 4.22. The molecule has 0 aromatic heterocycles. The van der Waals surface area contributed by atoms with E-state index < -0.39 is 0 Å². The minimum absolute atomic E-state index is 0.266. The molecule has 17 heavy (non-hydrogen) atoms. The van der Waals surface area contributed by atoms with Gasteiger partial charge in [-0.3, -0.25) is 0 Å². The van der Waals surface area contributed by atoms with Crippen molar-refractivity contribution in [3.63, 3.8) is 0 Å². The Balaban J connectivity index is 2.25. The third-order valence-corrected chi connectivity index (χ3v) is 2.79. The number of rotatable bonds is 8. The minimum atomic E-state index is -0.266. The number of methoxy groups -OCH3 is 1. The fourth-order valence-corrected chi connectivity index (χ4v) is 1.80. The molecule has 2 nitrogen and oxygen atoms in total. The van der Waals surface area contributed by atoms with Gasteiger partial charge in [-0.05, 0) is 50.0 Å². The molecule has 1 N–H and O–H groups in total. The Morgan fingerprint density at radius 1 is 1.24 bits per heavy atom. The number of halogens is 1. The summed E-state index contributed by atoms with van der Waals surface area (Å²) in [6, 6.07) is 5.21. The molecule has 0 spiro atoms. The molecule has 0 saturated heterocycles. The molecule has 0 aliphatic carbocycles. The van der Waals surface area contributed by atoms with Crippen LogP contribution in [0.1, 0.15) is 31.7 Å². The molecule has 1 aromatic rings. The second-order valence-corrected chi connectivity index (χ2v) is 4.13. The SMILES string of the molecule is CCNCCCCCc1ccc(OC)c(F)c1. The van der Waals surface area contributed by atoms with Gasteiger partial charge in [-0.2, -0.15) is 0 Å². The summed E-state index contributed by atoms with van der Waals surface area (Å²) < 4.78 is 18.3. The highest BCUT2D eigenvalue weighted by molar-refractivity contribution is 5.29. The molecule has 3 heteroatoms. The number of benzene rings is 1. The van der Waals surface area contributed by atoms with Gasteiger partial charge in [0.25, 0.3) is 0 Å². The van der Waals surface area contributed by atoms with Gasteiger partial charge < -0.3 is 10.1 Å². The van der Waals surface area contributed by atoms with Gasteiger partial charge in [0.05, 0.1) is 7.11 Å². The van der Waals surface area contributed by atoms with E-state index in [0.717, 1.165) is 31.5 Å². The van der Waals surface area contributed by atoms with E-state index in [1.807, 2.05) is 6.07 Å². The van der Waals surface area contributed by atoms with Gasteiger partial charge in [0.1, 0.15) is 0 Å². The van der Waals surface area contributed by atoms with Crippen LogP contribution in [0.2, 0.25) is 0 Å². The number of hydrogen-bond acceptors (Lipinski definition) is 2. The van der Waals surface area contributed by atoms with Crippen LogP contribution in [0.25, 0.3) is 0 Å². The maximum Gasteiger partial charge on any atom is 0.165 e. The summed E-state index contributed by atoms with van der Waals surface area (Å²) in [6.07, 6.45) is 4.41. The maximum absolute atomic E-state index is 13.4. The molecule has 0 radical (unpaired) electrons. The quantitative estimate of drug-likeness (QED) is 0.704. The van der Waals surface area contributed by atoms with Crippen LogP contribution in [0.5, 0.6) is 5.75 Å². The van der Waals surface area contributed by atoms with Crippen LogP contribution in [-0.4, -0.2) is 20.2 Å². The molecule has 1 rings (SSSR count). The molecule has 96 valence electrons. The number of ether oxygens (including phenoxy) is 1. The zero-order chi connectivity index (χ0) is 12.5. The molecule has 0 saturated carbocycles. The highest BCUT2D eigenvalue weighted by Crippen LogP contribution is 2.18. The fourth-order valence-electron chi connectivity index (χ4n) is 1.80. The maximum atomic E-state index is 13.4. The predicted molar refractivity (Wildman–Crippen MR) is 69.1 cm³/mol. The Hall–Kier alpha value is -1.09. The van der Waals surface area contributed by atoms with E-state index in [0.29, 0.717) is 5.75 Å². The normalized spacial score (nSPS) is 10.5. The Bertz CT molecular complexity index is 328. The van der Waals surface area contributed by atoms with Gasteiger partial charge >= 0.3 is 0 Å². The van der Waals surface area contributed by atoms with Gasteiger partial charge in [0.15, 0.2) is 11.6 Å². The van der Waals surface area contributed by atoms with Crippen LogP contribution >= 0.6 is 0 Å². The summed E-state index contributed by atoms with van der Waals surface area (Å²) in [4.78, 5) is 0. The lowest BCUT2D eigenvalue weighted by molar-refractivity contribution is 0.386. The first-order valence-corrected chi connectivity index (χ1v) is 6.31. The molecule has 0 aliphatic rings. The van der Waals surface area contributed by atoms with Gasteiger partial charge in [-0.15, -0.1) is 0 Å². The third-order valence-electron chi connectivity index (χ3n) is 2.79. The number of nitrogens with one attached hydrogen (secondary N) is 1. The summed E-state index contributed by atoms with van der Waals surface area (Å²) in [5, 5.41) is 3.29. The van der Waals surface area contributed by atoms with E-state index in [4.69, 9.17) is 4.74 Å². The van der Waals surface area contributed by atoms with E-state index in [1.54, 1.807) is 12.1 Å². The molecule has 0 aliphatic heterocycles. The Morgan fingerprint density at radius 3 is 2.71 bits per heavy atom. The monoisotopic (exact) mass is 239 g/mol. The first-order valence-electron chi connectivity index (χ1n) is 6.31. The van der Waals surface area contributed by atoms with E-state index in [9.17, 15) is 4.39 Å². The summed E-state index contributed by atoms with van der Waals surface area (Å²) in [5.41, 5.74) is 1.05. The second kappa shape index (κ2) is 8.07.